The maximum absolute atomic E-state index is 12.4. The van der Waals surface area contributed by atoms with E-state index in [9.17, 15) is 29.3 Å². The molecule has 0 aromatic heterocycles. The van der Waals surface area contributed by atoms with E-state index in [1.54, 1.807) is 24.3 Å². The Labute approximate surface area is 189 Å². The Morgan fingerprint density at radius 1 is 1.03 bits per heavy atom. The lowest BCUT2D eigenvalue weighted by molar-refractivity contribution is -0.384. The lowest BCUT2D eigenvalue weighted by Crippen LogP contribution is -2.27. The van der Waals surface area contributed by atoms with Crippen LogP contribution in [0, 0.1) is 16.0 Å². The van der Waals surface area contributed by atoms with Gasteiger partial charge in [0.25, 0.3) is 5.69 Å². The molecule has 1 amide bonds. The summed E-state index contributed by atoms with van der Waals surface area (Å²) in [5.41, 5.74) is 0.915. The van der Waals surface area contributed by atoms with Gasteiger partial charge in [-0.15, -0.1) is 0 Å². The zero-order valence-corrected chi connectivity index (χ0v) is 17.9. The number of nitro groups is 1. The fourth-order valence-corrected chi connectivity index (χ4v) is 3.28. The maximum Gasteiger partial charge on any atom is 0.338 e. The van der Waals surface area contributed by atoms with E-state index in [2.05, 4.69) is 0 Å². The van der Waals surface area contributed by atoms with Crippen molar-refractivity contribution in [3.63, 3.8) is 0 Å². The number of hydrogen-bond donors (Lipinski definition) is 0. The van der Waals surface area contributed by atoms with Crippen molar-refractivity contribution in [2.24, 2.45) is 5.92 Å². The van der Waals surface area contributed by atoms with E-state index < -0.39 is 35.2 Å². The minimum atomic E-state index is -0.739. The predicted molar refractivity (Wildman–Crippen MR) is 116 cm³/mol. The van der Waals surface area contributed by atoms with Crippen LogP contribution in [0.3, 0.4) is 0 Å². The third kappa shape index (κ3) is 5.79. The number of non-ortho nitro benzene ring substituents is 1. The van der Waals surface area contributed by atoms with Crippen LogP contribution in [-0.4, -0.2) is 48.3 Å². The number of rotatable bonds is 9. The zero-order valence-electron chi connectivity index (χ0n) is 17.9. The standard InChI is InChI=1S/C23H22N2O8/c1-2-11-32-22(28)16-5-7-18(8-6-16)24-13-17(12-21(24)27)23(29)33-14-20(26)15-3-9-19(10-4-15)25(30)31/h3-10,17H,2,11-14H2,1H3/t17-/m1/s1. The molecule has 0 unspecified atom stereocenters. The summed E-state index contributed by atoms with van der Waals surface area (Å²) >= 11 is 0. The van der Waals surface area contributed by atoms with Crippen molar-refractivity contribution in [1.82, 2.24) is 0 Å². The summed E-state index contributed by atoms with van der Waals surface area (Å²) in [6.07, 6.45) is 0.647. The van der Waals surface area contributed by atoms with E-state index in [4.69, 9.17) is 9.47 Å². The van der Waals surface area contributed by atoms with E-state index in [-0.39, 0.29) is 30.1 Å². The van der Waals surface area contributed by atoms with Crippen molar-refractivity contribution in [1.29, 1.82) is 0 Å². The van der Waals surface area contributed by atoms with Gasteiger partial charge in [-0.05, 0) is 42.8 Å². The highest BCUT2D eigenvalue weighted by atomic mass is 16.6. The van der Waals surface area contributed by atoms with Gasteiger partial charge in [0.1, 0.15) is 0 Å². The number of benzene rings is 2. The molecule has 2 aromatic carbocycles. The molecule has 2 aromatic rings. The molecule has 33 heavy (non-hydrogen) atoms. The molecule has 3 rings (SSSR count). The van der Waals surface area contributed by atoms with E-state index in [0.29, 0.717) is 24.3 Å². The van der Waals surface area contributed by atoms with E-state index in [1.165, 1.54) is 29.2 Å². The third-order valence-corrected chi connectivity index (χ3v) is 5.06. The van der Waals surface area contributed by atoms with Gasteiger partial charge < -0.3 is 14.4 Å². The van der Waals surface area contributed by atoms with Gasteiger partial charge in [0.15, 0.2) is 12.4 Å². The second kappa shape index (κ2) is 10.5. The van der Waals surface area contributed by atoms with E-state index in [0.717, 1.165) is 0 Å². The minimum absolute atomic E-state index is 0.0646. The fraction of sp³-hybridized carbons (Fsp3) is 0.304. The largest absolute Gasteiger partial charge is 0.462 e. The Kier molecular flexibility index (Phi) is 7.50. The van der Waals surface area contributed by atoms with Crippen molar-refractivity contribution in [3.05, 3.63) is 69.8 Å². The van der Waals surface area contributed by atoms with Crippen LogP contribution in [0.5, 0.6) is 0 Å². The Morgan fingerprint density at radius 3 is 2.27 bits per heavy atom. The monoisotopic (exact) mass is 454 g/mol. The van der Waals surface area contributed by atoms with Gasteiger partial charge in [0.05, 0.1) is 23.0 Å². The quantitative estimate of drug-likeness (QED) is 0.244. The van der Waals surface area contributed by atoms with Crippen molar-refractivity contribution < 1.29 is 33.6 Å². The molecular formula is C23H22N2O8. The summed E-state index contributed by atoms with van der Waals surface area (Å²) in [6.45, 7) is 1.77. The van der Waals surface area contributed by atoms with Crippen LogP contribution in [0.25, 0.3) is 0 Å². The van der Waals surface area contributed by atoms with Crippen LogP contribution in [0.1, 0.15) is 40.5 Å². The highest BCUT2D eigenvalue weighted by molar-refractivity contribution is 6.01. The molecule has 10 nitrogen and oxygen atoms in total. The number of Topliss-reactive ketones (excluding diaryl/α,β-unsaturated/α-hetero) is 1. The van der Waals surface area contributed by atoms with Gasteiger partial charge in [0, 0.05) is 36.3 Å². The minimum Gasteiger partial charge on any atom is -0.462 e. The van der Waals surface area contributed by atoms with Crippen LogP contribution in [0.2, 0.25) is 0 Å². The van der Waals surface area contributed by atoms with Gasteiger partial charge in [-0.2, -0.15) is 0 Å². The number of ether oxygens (including phenoxy) is 2. The van der Waals surface area contributed by atoms with Crippen LogP contribution >= 0.6 is 0 Å². The summed E-state index contributed by atoms with van der Waals surface area (Å²) in [7, 11) is 0. The second-order valence-electron chi connectivity index (χ2n) is 7.42. The van der Waals surface area contributed by atoms with Crippen LogP contribution < -0.4 is 4.90 Å². The summed E-state index contributed by atoms with van der Waals surface area (Å²) in [5.74, 6) is -2.66. The van der Waals surface area contributed by atoms with Gasteiger partial charge in [-0.3, -0.25) is 24.5 Å². The molecule has 0 saturated carbocycles. The van der Waals surface area contributed by atoms with Crippen molar-refractivity contribution in [2.45, 2.75) is 19.8 Å². The van der Waals surface area contributed by atoms with Crippen LogP contribution in [-0.2, 0) is 19.1 Å². The fourth-order valence-electron chi connectivity index (χ4n) is 3.28. The van der Waals surface area contributed by atoms with Gasteiger partial charge in [-0.25, -0.2) is 4.79 Å². The topological polar surface area (TPSA) is 133 Å². The van der Waals surface area contributed by atoms with E-state index >= 15 is 0 Å². The van der Waals surface area contributed by atoms with E-state index in [1.807, 2.05) is 6.92 Å². The number of carbonyl (C=O) groups is 4. The number of anilines is 1. The Balaban J connectivity index is 1.54. The molecule has 0 radical (unpaired) electrons. The lowest BCUT2D eigenvalue weighted by Gasteiger charge is -2.17. The maximum atomic E-state index is 12.4. The summed E-state index contributed by atoms with van der Waals surface area (Å²) in [4.78, 5) is 60.4. The number of ketones is 1. The average molecular weight is 454 g/mol. The highest BCUT2D eigenvalue weighted by Crippen LogP contribution is 2.26. The average Bonchev–Trinajstić information content (AvgIpc) is 3.22. The first-order valence-electron chi connectivity index (χ1n) is 10.3. The van der Waals surface area contributed by atoms with Gasteiger partial charge >= 0.3 is 11.9 Å². The van der Waals surface area contributed by atoms with Gasteiger partial charge in [0.2, 0.25) is 5.91 Å². The first kappa shape index (κ1) is 23.6. The lowest BCUT2D eigenvalue weighted by atomic mass is 10.1. The Hall–Kier alpha value is -4.08. The third-order valence-electron chi connectivity index (χ3n) is 5.06. The van der Waals surface area contributed by atoms with Crippen molar-refractivity contribution in [3.8, 4) is 0 Å². The molecule has 0 aliphatic carbocycles. The number of esters is 2. The molecule has 1 aliphatic rings. The first-order chi connectivity index (χ1) is 15.8. The molecule has 1 saturated heterocycles. The molecule has 172 valence electrons. The van der Waals surface area contributed by atoms with Crippen molar-refractivity contribution in [2.75, 3.05) is 24.7 Å². The molecule has 1 aliphatic heterocycles. The van der Waals surface area contributed by atoms with Crippen LogP contribution in [0.4, 0.5) is 11.4 Å². The molecular weight excluding hydrogens is 432 g/mol. The van der Waals surface area contributed by atoms with Gasteiger partial charge in [-0.1, -0.05) is 6.92 Å². The number of amides is 1. The Bertz CT molecular complexity index is 1060. The summed E-state index contributed by atoms with van der Waals surface area (Å²) in [6, 6.07) is 11.3. The van der Waals surface area contributed by atoms with Crippen molar-refractivity contribution >= 4 is 35.0 Å². The number of carbonyl (C=O) groups excluding carboxylic acids is 4. The summed E-state index contributed by atoms with van der Waals surface area (Å²) < 4.78 is 10.1. The molecule has 1 heterocycles. The zero-order chi connectivity index (χ0) is 24.0. The molecule has 0 spiro atoms. The number of nitro benzene ring substituents is 1. The first-order valence-corrected chi connectivity index (χ1v) is 10.3. The Morgan fingerprint density at radius 2 is 1.67 bits per heavy atom. The highest BCUT2D eigenvalue weighted by Gasteiger charge is 2.36. The molecule has 0 bridgehead atoms. The normalized spacial score (nSPS) is 15.2. The molecule has 1 fully saturated rings. The predicted octanol–water partition coefficient (Wildman–Crippen LogP) is 2.94. The number of nitrogens with zero attached hydrogens (tertiary/aromatic N) is 2. The smallest absolute Gasteiger partial charge is 0.338 e. The van der Waals surface area contributed by atoms with Crippen LogP contribution in [0.15, 0.2) is 48.5 Å². The molecule has 10 heteroatoms. The number of hydrogen-bond acceptors (Lipinski definition) is 8. The SMILES string of the molecule is CCCOC(=O)c1ccc(N2C[C@H](C(=O)OCC(=O)c3ccc([N+](=O)[O-])cc3)CC2=O)cc1. The summed E-state index contributed by atoms with van der Waals surface area (Å²) in [5, 5.41) is 10.7. The molecule has 0 N–H and O–H groups in total. The molecule has 1 atom stereocenters. The second-order valence-corrected chi connectivity index (χ2v) is 7.42.